The largest absolute Gasteiger partial charge is 0.493 e. The Kier molecular flexibility index (Phi) is 5.79. The highest BCUT2D eigenvalue weighted by Gasteiger charge is 2.51. The Labute approximate surface area is 187 Å². The van der Waals surface area contributed by atoms with Crippen LogP contribution in [-0.2, 0) is 4.79 Å². The molecule has 31 heavy (non-hydrogen) atoms. The smallest absolute Gasteiger partial charge is 0.271 e. The van der Waals surface area contributed by atoms with E-state index in [-0.39, 0.29) is 11.9 Å². The van der Waals surface area contributed by atoms with E-state index >= 15 is 0 Å². The molecule has 0 aliphatic carbocycles. The maximum absolute atomic E-state index is 13.2. The van der Waals surface area contributed by atoms with E-state index in [4.69, 9.17) is 25.8 Å². The molecule has 0 N–H and O–H groups in total. The highest BCUT2D eigenvalue weighted by Crippen LogP contribution is 2.43. The van der Waals surface area contributed by atoms with E-state index in [1.165, 1.54) is 5.56 Å². The van der Waals surface area contributed by atoms with Crippen molar-refractivity contribution in [2.45, 2.75) is 26.0 Å². The molecule has 5 nitrogen and oxygen atoms in total. The standard InChI is InChI=1S/C25H24ClNO4/c1-15-5-9-19(13-16(15)2)27-23(17-6-12-21(29-3)22(14-17)30-4)24(25(27)28)31-20-10-7-18(26)8-11-20/h5-14,23-24H,1-4H3/t23-,24+/m0/s1. The number of rotatable bonds is 6. The first kappa shape index (κ1) is 21.1. The third-order valence-electron chi connectivity index (χ3n) is 5.64. The number of nitrogens with zero attached hydrogens (tertiary/aromatic N) is 1. The number of methoxy groups -OCH3 is 2. The number of hydrogen-bond acceptors (Lipinski definition) is 4. The van der Waals surface area contributed by atoms with Crippen molar-refractivity contribution >= 4 is 23.2 Å². The zero-order valence-corrected chi connectivity index (χ0v) is 18.6. The summed E-state index contributed by atoms with van der Waals surface area (Å²) in [7, 11) is 3.19. The number of benzene rings is 3. The summed E-state index contributed by atoms with van der Waals surface area (Å²) in [6, 6.07) is 18.4. The summed E-state index contributed by atoms with van der Waals surface area (Å²) in [6.45, 7) is 4.09. The van der Waals surface area contributed by atoms with Gasteiger partial charge in [-0.25, -0.2) is 0 Å². The second-order valence-electron chi connectivity index (χ2n) is 7.53. The molecular weight excluding hydrogens is 414 g/mol. The highest BCUT2D eigenvalue weighted by molar-refractivity contribution is 6.30. The van der Waals surface area contributed by atoms with E-state index in [0.717, 1.165) is 16.8 Å². The van der Waals surface area contributed by atoms with Crippen molar-refractivity contribution < 1.29 is 19.0 Å². The number of ether oxygens (including phenoxy) is 3. The lowest BCUT2D eigenvalue weighted by atomic mass is 9.89. The number of carbonyl (C=O) groups excluding carboxylic acids is 1. The fraction of sp³-hybridized carbons (Fsp3) is 0.240. The molecular formula is C25H24ClNO4. The number of anilines is 1. The molecule has 1 aliphatic heterocycles. The van der Waals surface area contributed by atoms with Crippen LogP contribution in [0.25, 0.3) is 0 Å². The quantitative estimate of drug-likeness (QED) is 0.477. The number of halogens is 1. The molecule has 6 heteroatoms. The first-order chi connectivity index (χ1) is 14.9. The Morgan fingerprint density at radius 3 is 2.19 bits per heavy atom. The SMILES string of the molecule is COc1ccc([C@H]2[C@@H](Oc3ccc(Cl)cc3)C(=O)N2c2ccc(C)c(C)c2)cc1OC. The van der Waals surface area contributed by atoms with Crippen molar-refractivity contribution in [1.29, 1.82) is 0 Å². The third kappa shape index (κ3) is 3.93. The van der Waals surface area contributed by atoms with Crippen LogP contribution >= 0.6 is 11.6 Å². The van der Waals surface area contributed by atoms with Gasteiger partial charge < -0.3 is 14.2 Å². The second-order valence-corrected chi connectivity index (χ2v) is 7.96. The molecule has 0 radical (unpaired) electrons. The third-order valence-corrected chi connectivity index (χ3v) is 5.89. The molecule has 1 amide bonds. The number of β-lactam (4-membered cyclic amide) rings is 1. The summed E-state index contributed by atoms with van der Waals surface area (Å²) in [5, 5.41) is 0.612. The van der Waals surface area contributed by atoms with Crippen molar-refractivity contribution in [3.05, 3.63) is 82.4 Å². The lowest BCUT2D eigenvalue weighted by Crippen LogP contribution is -2.61. The van der Waals surface area contributed by atoms with Crippen LogP contribution < -0.4 is 19.1 Å². The highest BCUT2D eigenvalue weighted by atomic mass is 35.5. The normalized spacial score (nSPS) is 17.8. The maximum atomic E-state index is 13.2. The van der Waals surface area contributed by atoms with Crippen molar-refractivity contribution in [1.82, 2.24) is 0 Å². The molecule has 1 fully saturated rings. The first-order valence-corrected chi connectivity index (χ1v) is 10.3. The van der Waals surface area contributed by atoms with Gasteiger partial charge in [0.15, 0.2) is 11.5 Å². The topological polar surface area (TPSA) is 48.0 Å². The van der Waals surface area contributed by atoms with Gasteiger partial charge in [0.05, 0.1) is 14.2 Å². The van der Waals surface area contributed by atoms with Gasteiger partial charge in [-0.15, -0.1) is 0 Å². The summed E-state index contributed by atoms with van der Waals surface area (Å²) in [6.07, 6.45) is -0.666. The van der Waals surface area contributed by atoms with Crippen LogP contribution in [0.2, 0.25) is 5.02 Å². The Bertz CT molecular complexity index is 1110. The monoisotopic (exact) mass is 437 g/mol. The molecule has 1 aliphatic rings. The Hall–Kier alpha value is -3.18. The lowest BCUT2D eigenvalue weighted by molar-refractivity contribution is -0.135. The summed E-state index contributed by atoms with van der Waals surface area (Å²) < 4.78 is 16.9. The molecule has 3 aromatic carbocycles. The first-order valence-electron chi connectivity index (χ1n) is 9.97. The van der Waals surface area contributed by atoms with Gasteiger partial charge in [0.25, 0.3) is 5.91 Å². The van der Waals surface area contributed by atoms with Crippen LogP contribution in [0.3, 0.4) is 0 Å². The summed E-state index contributed by atoms with van der Waals surface area (Å²) in [5.41, 5.74) is 4.03. The number of aryl methyl sites for hydroxylation is 2. The minimum absolute atomic E-state index is 0.0991. The van der Waals surface area contributed by atoms with Crippen LogP contribution in [0.15, 0.2) is 60.7 Å². The summed E-state index contributed by atoms with van der Waals surface area (Å²) >= 11 is 5.99. The van der Waals surface area contributed by atoms with Gasteiger partial charge in [0.2, 0.25) is 6.10 Å². The molecule has 3 aromatic rings. The summed E-state index contributed by atoms with van der Waals surface area (Å²) in [4.78, 5) is 15.0. The van der Waals surface area contributed by atoms with Crippen LogP contribution in [0.4, 0.5) is 5.69 Å². The fourth-order valence-corrected chi connectivity index (χ4v) is 3.89. The van der Waals surface area contributed by atoms with Gasteiger partial charge >= 0.3 is 0 Å². The van der Waals surface area contributed by atoms with Crippen LogP contribution in [0, 0.1) is 13.8 Å². The van der Waals surface area contributed by atoms with Gasteiger partial charge in [-0.2, -0.15) is 0 Å². The zero-order valence-electron chi connectivity index (χ0n) is 17.9. The van der Waals surface area contributed by atoms with Crippen molar-refractivity contribution in [3.8, 4) is 17.2 Å². The fourth-order valence-electron chi connectivity index (χ4n) is 3.76. The molecule has 1 saturated heterocycles. The van der Waals surface area contributed by atoms with Gasteiger partial charge in [0.1, 0.15) is 11.8 Å². The van der Waals surface area contributed by atoms with Gasteiger partial charge in [-0.3, -0.25) is 9.69 Å². The molecule has 0 saturated carbocycles. The van der Waals surface area contributed by atoms with Gasteiger partial charge in [0, 0.05) is 10.7 Å². The predicted octanol–water partition coefficient (Wildman–Crippen LogP) is 5.51. The minimum Gasteiger partial charge on any atom is -0.493 e. The van der Waals surface area contributed by atoms with E-state index < -0.39 is 6.10 Å². The lowest BCUT2D eigenvalue weighted by Gasteiger charge is -2.47. The van der Waals surface area contributed by atoms with Crippen LogP contribution in [0.1, 0.15) is 22.7 Å². The Balaban J connectivity index is 1.74. The van der Waals surface area contributed by atoms with Crippen molar-refractivity contribution in [3.63, 3.8) is 0 Å². The zero-order chi connectivity index (χ0) is 22.1. The van der Waals surface area contributed by atoms with E-state index in [9.17, 15) is 4.79 Å². The number of amides is 1. The summed E-state index contributed by atoms with van der Waals surface area (Å²) in [5.74, 6) is 1.72. The molecule has 0 spiro atoms. The number of hydrogen-bond donors (Lipinski definition) is 0. The molecule has 160 valence electrons. The average molecular weight is 438 g/mol. The second kappa shape index (κ2) is 8.52. The van der Waals surface area contributed by atoms with E-state index in [1.54, 1.807) is 43.4 Å². The number of carbonyl (C=O) groups is 1. The van der Waals surface area contributed by atoms with Crippen LogP contribution in [-0.4, -0.2) is 26.2 Å². The van der Waals surface area contributed by atoms with Crippen LogP contribution in [0.5, 0.6) is 17.2 Å². The van der Waals surface area contributed by atoms with Gasteiger partial charge in [-0.1, -0.05) is 23.7 Å². The molecule has 2 atom stereocenters. The average Bonchev–Trinajstić information content (AvgIpc) is 2.78. The van der Waals surface area contributed by atoms with Crippen molar-refractivity contribution in [2.24, 2.45) is 0 Å². The Morgan fingerprint density at radius 1 is 0.839 bits per heavy atom. The van der Waals surface area contributed by atoms with E-state index in [2.05, 4.69) is 6.92 Å². The molecule has 4 rings (SSSR count). The predicted molar refractivity (Wildman–Crippen MR) is 122 cm³/mol. The molecule has 0 unspecified atom stereocenters. The molecule has 0 bridgehead atoms. The maximum Gasteiger partial charge on any atom is 0.271 e. The Morgan fingerprint density at radius 2 is 1.55 bits per heavy atom. The van der Waals surface area contributed by atoms with E-state index in [0.29, 0.717) is 22.3 Å². The van der Waals surface area contributed by atoms with Crippen molar-refractivity contribution in [2.75, 3.05) is 19.1 Å². The van der Waals surface area contributed by atoms with Gasteiger partial charge in [-0.05, 0) is 79.1 Å². The van der Waals surface area contributed by atoms with E-state index in [1.807, 2.05) is 43.3 Å². The minimum atomic E-state index is -0.666. The molecule has 0 aromatic heterocycles. The molecule has 1 heterocycles.